The summed E-state index contributed by atoms with van der Waals surface area (Å²) in [4.78, 5) is 40.2. The van der Waals surface area contributed by atoms with E-state index < -0.39 is 17.8 Å². The zero-order chi connectivity index (χ0) is 17.6. The SMILES string of the molecule is O=C(O)[C@@H]1[C@@H](C(=O)N2CCN(C(=O)c3ccco3)CC2)[C@@H]2C=C[C@@H]1C2. The number of piperazine rings is 1. The van der Waals surface area contributed by atoms with Crippen LogP contribution < -0.4 is 0 Å². The number of aliphatic carboxylic acids is 1. The Morgan fingerprint density at radius 1 is 1.00 bits per heavy atom. The Morgan fingerprint density at radius 2 is 1.64 bits per heavy atom. The molecule has 0 radical (unpaired) electrons. The average Bonchev–Trinajstić information content (AvgIpc) is 3.36. The highest BCUT2D eigenvalue weighted by molar-refractivity contribution is 5.92. The van der Waals surface area contributed by atoms with Crippen LogP contribution in [0.3, 0.4) is 0 Å². The third kappa shape index (κ3) is 2.63. The lowest BCUT2D eigenvalue weighted by molar-refractivity contribution is -0.151. The molecule has 7 nitrogen and oxygen atoms in total. The first-order valence-electron chi connectivity index (χ1n) is 8.59. The van der Waals surface area contributed by atoms with Crippen molar-refractivity contribution in [1.29, 1.82) is 0 Å². The van der Waals surface area contributed by atoms with Crippen LogP contribution in [0.1, 0.15) is 17.0 Å². The van der Waals surface area contributed by atoms with Gasteiger partial charge < -0.3 is 19.3 Å². The van der Waals surface area contributed by atoms with Gasteiger partial charge in [-0.15, -0.1) is 0 Å². The van der Waals surface area contributed by atoms with E-state index in [4.69, 9.17) is 4.42 Å². The summed E-state index contributed by atoms with van der Waals surface area (Å²) in [7, 11) is 0. The van der Waals surface area contributed by atoms with Crippen molar-refractivity contribution in [2.45, 2.75) is 6.42 Å². The Hall–Kier alpha value is -2.57. The number of rotatable bonds is 3. The molecule has 1 saturated carbocycles. The van der Waals surface area contributed by atoms with Gasteiger partial charge in [-0.2, -0.15) is 0 Å². The number of carboxylic acids is 1. The van der Waals surface area contributed by atoms with E-state index >= 15 is 0 Å². The van der Waals surface area contributed by atoms with Gasteiger partial charge in [-0.05, 0) is 30.4 Å². The van der Waals surface area contributed by atoms with Crippen molar-refractivity contribution in [3.05, 3.63) is 36.3 Å². The molecule has 1 aliphatic heterocycles. The number of carboxylic acid groups (broad SMARTS) is 1. The highest BCUT2D eigenvalue weighted by Crippen LogP contribution is 2.48. The van der Waals surface area contributed by atoms with Crippen LogP contribution in [-0.2, 0) is 9.59 Å². The van der Waals surface area contributed by atoms with Gasteiger partial charge in [-0.1, -0.05) is 12.2 Å². The minimum Gasteiger partial charge on any atom is -0.481 e. The van der Waals surface area contributed by atoms with E-state index in [0.29, 0.717) is 31.9 Å². The minimum absolute atomic E-state index is 0.0291. The van der Waals surface area contributed by atoms with Crippen LogP contribution in [0.15, 0.2) is 35.0 Å². The van der Waals surface area contributed by atoms with Gasteiger partial charge in [0.2, 0.25) is 5.91 Å². The van der Waals surface area contributed by atoms with Crippen LogP contribution in [0, 0.1) is 23.7 Å². The van der Waals surface area contributed by atoms with Gasteiger partial charge in [0.15, 0.2) is 5.76 Å². The summed E-state index contributed by atoms with van der Waals surface area (Å²) in [5.74, 6) is -1.95. The van der Waals surface area contributed by atoms with E-state index in [0.717, 1.165) is 6.42 Å². The summed E-state index contributed by atoms with van der Waals surface area (Å²) in [6, 6.07) is 3.29. The topological polar surface area (TPSA) is 91.1 Å². The lowest BCUT2D eigenvalue weighted by Gasteiger charge is -2.37. The molecule has 0 unspecified atom stereocenters. The third-order valence-corrected chi connectivity index (χ3v) is 5.64. The first-order valence-corrected chi connectivity index (χ1v) is 8.59. The second-order valence-corrected chi connectivity index (χ2v) is 6.93. The van der Waals surface area contributed by atoms with E-state index in [9.17, 15) is 19.5 Å². The molecular weight excluding hydrogens is 324 g/mol. The predicted molar refractivity (Wildman–Crippen MR) is 86.5 cm³/mol. The van der Waals surface area contributed by atoms with Crippen molar-refractivity contribution >= 4 is 17.8 Å². The molecule has 3 aliphatic rings. The molecule has 0 aromatic carbocycles. The number of furan rings is 1. The number of carbonyl (C=O) groups is 3. The molecule has 7 heteroatoms. The summed E-state index contributed by atoms with van der Waals surface area (Å²) in [6.07, 6.45) is 6.14. The average molecular weight is 344 g/mol. The van der Waals surface area contributed by atoms with Crippen molar-refractivity contribution in [3.8, 4) is 0 Å². The number of hydrogen-bond acceptors (Lipinski definition) is 4. The van der Waals surface area contributed by atoms with E-state index in [2.05, 4.69) is 0 Å². The molecule has 0 spiro atoms. The number of fused-ring (bicyclic) bond motifs is 2. The minimum atomic E-state index is -0.887. The summed E-state index contributed by atoms with van der Waals surface area (Å²) in [5, 5.41) is 9.51. The Balaban J connectivity index is 1.41. The fourth-order valence-electron chi connectivity index (χ4n) is 4.39. The van der Waals surface area contributed by atoms with Crippen molar-refractivity contribution in [3.63, 3.8) is 0 Å². The normalized spacial score (nSPS) is 30.7. The lowest BCUT2D eigenvalue weighted by atomic mass is 9.82. The predicted octanol–water partition coefficient (Wildman–Crippen LogP) is 1.09. The van der Waals surface area contributed by atoms with Crippen LogP contribution in [0.4, 0.5) is 0 Å². The highest BCUT2D eigenvalue weighted by Gasteiger charge is 2.52. The number of hydrogen-bond donors (Lipinski definition) is 1. The standard InChI is InChI=1S/C18H20N2O5/c21-16(13-2-1-9-25-13)19-5-7-20(8-6-19)17(22)14-11-3-4-12(10-11)15(14)18(23)24/h1-4,9,11-12,14-15H,5-8,10H2,(H,23,24)/t11-,12-,14+,15+/m1/s1. The first-order chi connectivity index (χ1) is 12.1. The molecule has 2 aliphatic carbocycles. The van der Waals surface area contributed by atoms with E-state index in [-0.39, 0.29) is 23.7 Å². The van der Waals surface area contributed by atoms with Crippen molar-refractivity contribution < 1.29 is 23.9 Å². The number of carbonyl (C=O) groups excluding carboxylic acids is 2. The monoisotopic (exact) mass is 344 g/mol. The maximum absolute atomic E-state index is 12.9. The molecule has 2 bridgehead atoms. The second kappa shape index (κ2) is 6.06. The molecule has 1 N–H and O–H groups in total. The Labute approximate surface area is 144 Å². The van der Waals surface area contributed by atoms with E-state index in [1.165, 1.54) is 6.26 Å². The first kappa shape index (κ1) is 15.9. The van der Waals surface area contributed by atoms with Crippen molar-refractivity contribution in [2.24, 2.45) is 23.7 Å². The van der Waals surface area contributed by atoms with Crippen LogP contribution in [0.2, 0.25) is 0 Å². The summed E-state index contributed by atoms with van der Waals surface area (Å²) in [5.41, 5.74) is 0. The van der Waals surface area contributed by atoms with Gasteiger partial charge in [0.1, 0.15) is 0 Å². The second-order valence-electron chi connectivity index (χ2n) is 6.93. The van der Waals surface area contributed by atoms with Crippen LogP contribution >= 0.6 is 0 Å². The number of amides is 2. The van der Waals surface area contributed by atoms with Gasteiger partial charge in [0.25, 0.3) is 5.91 Å². The van der Waals surface area contributed by atoms with Gasteiger partial charge in [0, 0.05) is 26.2 Å². The zero-order valence-corrected chi connectivity index (χ0v) is 13.7. The van der Waals surface area contributed by atoms with Crippen LogP contribution in [-0.4, -0.2) is 58.9 Å². The van der Waals surface area contributed by atoms with Crippen molar-refractivity contribution in [2.75, 3.05) is 26.2 Å². The Morgan fingerprint density at radius 3 is 2.24 bits per heavy atom. The number of nitrogens with zero attached hydrogens (tertiary/aromatic N) is 2. The molecule has 1 aromatic rings. The summed E-state index contributed by atoms with van der Waals surface area (Å²) < 4.78 is 5.13. The fraction of sp³-hybridized carbons (Fsp3) is 0.500. The van der Waals surface area contributed by atoms with Gasteiger partial charge >= 0.3 is 5.97 Å². The summed E-state index contributed by atoms with van der Waals surface area (Å²) >= 11 is 0. The molecule has 132 valence electrons. The van der Waals surface area contributed by atoms with E-state index in [1.807, 2.05) is 12.2 Å². The molecule has 4 atom stereocenters. The van der Waals surface area contributed by atoms with Gasteiger partial charge in [0.05, 0.1) is 18.1 Å². The maximum atomic E-state index is 12.9. The highest BCUT2D eigenvalue weighted by atomic mass is 16.4. The third-order valence-electron chi connectivity index (χ3n) is 5.64. The Bertz CT molecular complexity index is 718. The molecule has 2 fully saturated rings. The Kier molecular flexibility index (Phi) is 3.86. The maximum Gasteiger partial charge on any atom is 0.307 e. The molecule has 4 rings (SSSR count). The molecule has 2 heterocycles. The molecule has 1 saturated heterocycles. The molecule has 2 amide bonds. The van der Waals surface area contributed by atoms with Crippen LogP contribution in [0.5, 0.6) is 0 Å². The molecule has 25 heavy (non-hydrogen) atoms. The van der Waals surface area contributed by atoms with Gasteiger partial charge in [-0.3, -0.25) is 14.4 Å². The molecular formula is C18H20N2O5. The smallest absolute Gasteiger partial charge is 0.307 e. The molecule has 1 aromatic heterocycles. The summed E-state index contributed by atoms with van der Waals surface area (Å²) in [6.45, 7) is 1.71. The fourth-order valence-corrected chi connectivity index (χ4v) is 4.39. The zero-order valence-electron chi connectivity index (χ0n) is 13.7. The van der Waals surface area contributed by atoms with Crippen molar-refractivity contribution in [1.82, 2.24) is 9.80 Å². The number of allylic oxidation sites excluding steroid dienone is 2. The van der Waals surface area contributed by atoms with E-state index in [1.54, 1.807) is 21.9 Å². The van der Waals surface area contributed by atoms with Gasteiger partial charge in [-0.25, -0.2) is 0 Å². The lowest BCUT2D eigenvalue weighted by Crippen LogP contribution is -2.53. The quantitative estimate of drug-likeness (QED) is 0.829. The van der Waals surface area contributed by atoms with Crippen LogP contribution in [0.25, 0.3) is 0 Å². The largest absolute Gasteiger partial charge is 0.481 e.